The quantitative estimate of drug-likeness (QED) is 0.257. The summed E-state index contributed by atoms with van der Waals surface area (Å²) in [6, 6.07) is 18.7. The number of ether oxygens (including phenoxy) is 3. The molecule has 42 heavy (non-hydrogen) atoms. The molecule has 2 saturated heterocycles. The predicted octanol–water partition coefficient (Wildman–Crippen LogP) is 6.28. The van der Waals surface area contributed by atoms with Gasteiger partial charge in [0.2, 0.25) is 0 Å². The van der Waals surface area contributed by atoms with Crippen molar-refractivity contribution in [3.63, 3.8) is 0 Å². The number of hydrogen-bond donors (Lipinski definition) is 0. The maximum Gasteiger partial charge on any atom is 0.416 e. The van der Waals surface area contributed by atoms with E-state index in [4.69, 9.17) is 14.2 Å². The smallest absolute Gasteiger partial charge is 0.416 e. The number of methoxy groups -OCH3 is 1. The van der Waals surface area contributed by atoms with Crippen LogP contribution in [0.5, 0.6) is 11.5 Å². The number of para-hydroxylation sites is 3. The molecule has 0 amide bonds. The van der Waals surface area contributed by atoms with E-state index < -0.39 is 11.7 Å². The molecule has 4 aromatic rings. The number of rotatable bonds is 7. The second-order valence-corrected chi connectivity index (χ2v) is 10.8. The Morgan fingerprint density at radius 2 is 1.57 bits per heavy atom. The van der Waals surface area contributed by atoms with Crippen LogP contribution in [0.2, 0.25) is 0 Å². The highest BCUT2D eigenvalue weighted by Gasteiger charge is 2.34. The summed E-state index contributed by atoms with van der Waals surface area (Å²) in [7, 11) is 1.50. The first-order valence-corrected chi connectivity index (χ1v) is 14.4. The van der Waals surface area contributed by atoms with Gasteiger partial charge >= 0.3 is 11.9 Å². The molecule has 3 aromatic carbocycles. The minimum Gasteiger partial charge on any atom is -0.494 e. The zero-order chi connectivity index (χ0) is 29.3. The van der Waals surface area contributed by atoms with Crippen molar-refractivity contribution in [1.82, 2.24) is 9.13 Å². The van der Waals surface area contributed by atoms with Crippen LogP contribution in [-0.2, 0) is 17.5 Å². The molecule has 6 rings (SSSR count). The fraction of sp³-hybridized carbons (Fsp3) is 0.406. The Labute approximate surface area is 242 Å². The first-order valence-electron chi connectivity index (χ1n) is 14.4. The van der Waals surface area contributed by atoms with E-state index in [0.717, 1.165) is 30.3 Å². The van der Waals surface area contributed by atoms with E-state index in [1.54, 1.807) is 16.7 Å². The molecule has 1 aromatic heterocycles. The first-order chi connectivity index (χ1) is 20.3. The lowest BCUT2D eigenvalue weighted by molar-refractivity contribution is -0.138. The minimum absolute atomic E-state index is 0.0352. The summed E-state index contributed by atoms with van der Waals surface area (Å²) >= 11 is 0. The lowest BCUT2D eigenvalue weighted by atomic mass is 10.0. The van der Waals surface area contributed by atoms with E-state index in [9.17, 15) is 18.0 Å². The Hall–Kier alpha value is -3.92. The molecule has 0 atom stereocenters. The third-order valence-corrected chi connectivity index (χ3v) is 8.31. The maximum absolute atomic E-state index is 14.0. The maximum atomic E-state index is 14.0. The van der Waals surface area contributed by atoms with Gasteiger partial charge in [-0.15, -0.1) is 0 Å². The topological polar surface area (TPSA) is 57.9 Å². The fourth-order valence-corrected chi connectivity index (χ4v) is 6.23. The van der Waals surface area contributed by atoms with Crippen LogP contribution in [0.15, 0.2) is 71.5 Å². The Morgan fingerprint density at radius 1 is 0.881 bits per heavy atom. The van der Waals surface area contributed by atoms with Gasteiger partial charge in [-0.05, 0) is 48.7 Å². The number of fused-ring (bicyclic) bond motifs is 1. The summed E-state index contributed by atoms with van der Waals surface area (Å²) < 4.78 is 62.0. The van der Waals surface area contributed by atoms with Crippen LogP contribution in [0.25, 0.3) is 11.0 Å². The number of benzene rings is 3. The van der Waals surface area contributed by atoms with Gasteiger partial charge in [-0.25, -0.2) is 4.79 Å². The second kappa shape index (κ2) is 11.8. The SMILES string of the molecule is COc1cccc2c1n(Cc1ccccc1C(F)(F)F)c(=O)n2C1CCN(c2ccccc2OC2CCOCC2)CC1. The normalized spacial score (nSPS) is 17.1. The van der Waals surface area contributed by atoms with Crippen molar-refractivity contribution in [2.75, 3.05) is 38.3 Å². The average molecular weight is 582 g/mol. The Bertz CT molecular complexity index is 1600. The van der Waals surface area contributed by atoms with Crippen molar-refractivity contribution >= 4 is 16.7 Å². The van der Waals surface area contributed by atoms with E-state index in [2.05, 4.69) is 11.0 Å². The fourth-order valence-electron chi connectivity index (χ4n) is 6.23. The third kappa shape index (κ3) is 5.47. The number of alkyl halides is 3. The summed E-state index contributed by atoms with van der Waals surface area (Å²) in [5.74, 6) is 1.30. The van der Waals surface area contributed by atoms with Crippen molar-refractivity contribution in [3.05, 3.63) is 88.3 Å². The Kier molecular flexibility index (Phi) is 7.90. The molecule has 0 aliphatic carbocycles. The van der Waals surface area contributed by atoms with Gasteiger partial charge in [-0.1, -0.05) is 36.4 Å². The van der Waals surface area contributed by atoms with Crippen LogP contribution in [0, 0.1) is 0 Å². The van der Waals surface area contributed by atoms with Gasteiger partial charge in [-0.2, -0.15) is 13.2 Å². The number of piperidine rings is 1. The molecular weight excluding hydrogens is 547 g/mol. The number of nitrogens with zero attached hydrogens (tertiary/aromatic N) is 3. The van der Waals surface area contributed by atoms with Gasteiger partial charge in [0.1, 0.15) is 23.1 Å². The number of imidazole rings is 1. The number of halogens is 3. The minimum atomic E-state index is -4.53. The standard InChI is InChI=1S/C32H34F3N3O4/c1-40-29-12-6-10-27-30(29)37(21-22-7-2-3-8-25(22)32(33,34)35)31(39)38(27)23-13-17-36(18-14-23)26-9-4-5-11-28(26)42-24-15-19-41-20-16-24/h2-12,23-24H,13-21H2,1H3. The lowest BCUT2D eigenvalue weighted by Crippen LogP contribution is -2.38. The van der Waals surface area contributed by atoms with Gasteiger partial charge in [-0.3, -0.25) is 9.13 Å². The van der Waals surface area contributed by atoms with E-state index in [0.29, 0.717) is 55.9 Å². The first kappa shape index (κ1) is 28.2. The molecular formula is C32H34F3N3O4. The van der Waals surface area contributed by atoms with Crippen LogP contribution in [0.3, 0.4) is 0 Å². The summed E-state index contributed by atoms with van der Waals surface area (Å²) in [5, 5.41) is 0. The monoisotopic (exact) mass is 581 g/mol. The molecule has 0 radical (unpaired) electrons. The largest absolute Gasteiger partial charge is 0.494 e. The van der Waals surface area contributed by atoms with Crippen molar-refractivity contribution in [2.24, 2.45) is 0 Å². The van der Waals surface area contributed by atoms with Gasteiger partial charge < -0.3 is 19.1 Å². The highest BCUT2D eigenvalue weighted by molar-refractivity contribution is 5.83. The summed E-state index contributed by atoms with van der Waals surface area (Å²) in [5.41, 5.74) is 1.14. The summed E-state index contributed by atoms with van der Waals surface area (Å²) in [6.07, 6.45) is -1.29. The van der Waals surface area contributed by atoms with Gasteiger partial charge in [0.25, 0.3) is 0 Å². The summed E-state index contributed by atoms with van der Waals surface area (Å²) in [4.78, 5) is 16.3. The number of anilines is 1. The van der Waals surface area contributed by atoms with Crippen LogP contribution < -0.4 is 20.1 Å². The molecule has 10 heteroatoms. The van der Waals surface area contributed by atoms with Gasteiger partial charge in [0.05, 0.1) is 43.6 Å². The zero-order valence-corrected chi connectivity index (χ0v) is 23.5. The number of hydrogen-bond acceptors (Lipinski definition) is 5. The molecule has 7 nitrogen and oxygen atoms in total. The van der Waals surface area contributed by atoms with Crippen LogP contribution in [-0.4, -0.2) is 48.7 Å². The molecule has 0 saturated carbocycles. The van der Waals surface area contributed by atoms with Crippen molar-refractivity contribution < 1.29 is 27.4 Å². The molecule has 0 N–H and O–H groups in total. The molecule has 0 spiro atoms. The van der Waals surface area contributed by atoms with Crippen LogP contribution in [0.1, 0.15) is 42.9 Å². The second-order valence-electron chi connectivity index (χ2n) is 10.8. The Morgan fingerprint density at radius 3 is 2.31 bits per heavy atom. The van der Waals surface area contributed by atoms with Crippen LogP contribution >= 0.6 is 0 Å². The van der Waals surface area contributed by atoms with Crippen molar-refractivity contribution in [1.29, 1.82) is 0 Å². The highest BCUT2D eigenvalue weighted by atomic mass is 19.4. The summed E-state index contributed by atoms with van der Waals surface area (Å²) in [6.45, 7) is 2.60. The molecule has 2 aliphatic rings. The molecule has 222 valence electrons. The van der Waals surface area contributed by atoms with E-state index in [1.807, 2.05) is 30.3 Å². The lowest BCUT2D eigenvalue weighted by Gasteiger charge is -2.35. The molecule has 2 fully saturated rings. The van der Waals surface area contributed by atoms with E-state index in [-0.39, 0.29) is 29.9 Å². The molecule has 0 unspecified atom stereocenters. The molecule has 2 aliphatic heterocycles. The predicted molar refractivity (Wildman–Crippen MR) is 155 cm³/mol. The third-order valence-electron chi connectivity index (χ3n) is 8.31. The average Bonchev–Trinajstić information content (AvgIpc) is 3.28. The molecule has 0 bridgehead atoms. The van der Waals surface area contributed by atoms with E-state index in [1.165, 1.54) is 23.8 Å². The zero-order valence-electron chi connectivity index (χ0n) is 23.5. The van der Waals surface area contributed by atoms with Gasteiger partial charge in [0, 0.05) is 32.0 Å². The Balaban J connectivity index is 1.30. The van der Waals surface area contributed by atoms with Gasteiger partial charge in [0.15, 0.2) is 0 Å². The van der Waals surface area contributed by atoms with Crippen molar-refractivity contribution in [2.45, 2.75) is 50.6 Å². The molecule has 3 heterocycles. The van der Waals surface area contributed by atoms with Crippen LogP contribution in [0.4, 0.5) is 18.9 Å². The number of aromatic nitrogens is 2. The van der Waals surface area contributed by atoms with E-state index >= 15 is 0 Å². The van der Waals surface area contributed by atoms with Crippen molar-refractivity contribution in [3.8, 4) is 11.5 Å². The highest BCUT2D eigenvalue weighted by Crippen LogP contribution is 2.37.